The molecule has 11 heteroatoms. The van der Waals surface area contributed by atoms with Gasteiger partial charge in [-0.1, -0.05) is 17.4 Å². The van der Waals surface area contributed by atoms with Gasteiger partial charge in [0.05, 0.1) is 17.7 Å². The van der Waals surface area contributed by atoms with E-state index < -0.39 is 0 Å². The number of nitrogens with zero attached hydrogens (tertiary/aromatic N) is 5. The topological polar surface area (TPSA) is 99.8 Å². The minimum Gasteiger partial charge on any atom is -0.497 e. The summed E-state index contributed by atoms with van der Waals surface area (Å²) >= 11 is 6.47. The Bertz CT molecular complexity index is 1170. The molecule has 1 amide bonds. The molecule has 1 aromatic carbocycles. The molecule has 0 bridgehead atoms. The number of hydrogen-bond acceptors (Lipinski definition) is 8. The van der Waals surface area contributed by atoms with E-state index in [1.165, 1.54) is 0 Å². The average molecular weight is 540 g/mol. The van der Waals surface area contributed by atoms with E-state index in [4.69, 9.17) is 27.7 Å². The van der Waals surface area contributed by atoms with Crippen LogP contribution in [0.15, 0.2) is 48.8 Å². The van der Waals surface area contributed by atoms with E-state index in [2.05, 4.69) is 21.3 Å². The molecule has 4 heterocycles. The maximum atomic E-state index is 11.6. The SMILES string of the molecule is COc1ccc(-c2nc(N3CCN(C(C)=O)CC3)sc2-c2cccnc2)cc1.NC(=S)N1CCNCC1. The Morgan fingerprint density at radius 1 is 1.03 bits per heavy atom. The Morgan fingerprint density at radius 3 is 2.27 bits per heavy atom. The fourth-order valence-electron chi connectivity index (χ4n) is 4.18. The maximum Gasteiger partial charge on any atom is 0.219 e. The number of carbonyl (C=O) groups is 1. The van der Waals surface area contributed by atoms with Gasteiger partial charge in [0.15, 0.2) is 10.2 Å². The zero-order valence-electron chi connectivity index (χ0n) is 21.2. The Balaban J connectivity index is 0.000000301. The van der Waals surface area contributed by atoms with Gasteiger partial charge in [-0.2, -0.15) is 0 Å². The molecule has 0 unspecified atom stereocenters. The predicted molar refractivity (Wildman–Crippen MR) is 153 cm³/mol. The van der Waals surface area contributed by atoms with Gasteiger partial charge < -0.3 is 30.5 Å². The number of carbonyl (C=O) groups excluding carboxylic acids is 1. The molecule has 0 atom stereocenters. The maximum absolute atomic E-state index is 11.6. The first-order valence-electron chi connectivity index (χ1n) is 12.3. The first-order chi connectivity index (χ1) is 18.0. The summed E-state index contributed by atoms with van der Waals surface area (Å²) in [6, 6.07) is 12.0. The summed E-state index contributed by atoms with van der Waals surface area (Å²) < 4.78 is 5.28. The van der Waals surface area contributed by atoms with Gasteiger partial charge in [-0.25, -0.2) is 4.98 Å². The molecule has 2 aliphatic heterocycles. The Hall–Kier alpha value is -3.28. The molecule has 3 aromatic rings. The summed E-state index contributed by atoms with van der Waals surface area (Å²) in [5, 5.41) is 4.72. The van der Waals surface area contributed by atoms with Crippen molar-refractivity contribution in [1.29, 1.82) is 0 Å². The van der Waals surface area contributed by atoms with Crippen LogP contribution in [0.4, 0.5) is 5.13 Å². The first kappa shape index (κ1) is 26.8. The molecule has 0 radical (unpaired) electrons. The zero-order valence-corrected chi connectivity index (χ0v) is 22.9. The van der Waals surface area contributed by atoms with E-state index in [0.717, 1.165) is 84.9 Å². The number of hydrogen-bond donors (Lipinski definition) is 2. The quantitative estimate of drug-likeness (QED) is 0.485. The van der Waals surface area contributed by atoms with Crippen LogP contribution in [0.2, 0.25) is 0 Å². The Labute approximate surface area is 227 Å². The second-order valence-corrected chi connectivity index (χ2v) is 10.1. The van der Waals surface area contributed by atoms with Crippen LogP contribution in [0.1, 0.15) is 6.92 Å². The van der Waals surface area contributed by atoms with Gasteiger partial charge in [-0.15, -0.1) is 0 Å². The lowest BCUT2D eigenvalue weighted by Crippen LogP contribution is -2.48. The molecule has 196 valence electrons. The van der Waals surface area contributed by atoms with Crippen molar-refractivity contribution in [2.24, 2.45) is 5.73 Å². The predicted octanol–water partition coefficient (Wildman–Crippen LogP) is 2.68. The van der Waals surface area contributed by atoms with Gasteiger partial charge >= 0.3 is 0 Å². The number of nitrogens with one attached hydrogen (secondary N) is 1. The molecule has 5 rings (SSSR count). The number of pyridine rings is 1. The van der Waals surface area contributed by atoms with Crippen molar-refractivity contribution < 1.29 is 9.53 Å². The third kappa shape index (κ3) is 6.94. The van der Waals surface area contributed by atoms with Crippen LogP contribution in [0.3, 0.4) is 0 Å². The highest BCUT2D eigenvalue weighted by Gasteiger charge is 2.23. The van der Waals surface area contributed by atoms with Crippen LogP contribution in [0, 0.1) is 0 Å². The fourth-order valence-corrected chi connectivity index (χ4v) is 5.49. The monoisotopic (exact) mass is 539 g/mol. The molecule has 0 saturated carbocycles. The molecule has 2 aliphatic rings. The third-order valence-corrected chi connectivity index (χ3v) is 7.75. The van der Waals surface area contributed by atoms with Gasteiger partial charge in [-0.05, 0) is 42.5 Å². The van der Waals surface area contributed by atoms with Crippen molar-refractivity contribution in [2.75, 3.05) is 64.4 Å². The minimum atomic E-state index is 0.133. The lowest BCUT2D eigenvalue weighted by molar-refractivity contribution is -0.129. The van der Waals surface area contributed by atoms with E-state index >= 15 is 0 Å². The summed E-state index contributed by atoms with van der Waals surface area (Å²) in [6.07, 6.45) is 3.65. The van der Waals surface area contributed by atoms with Gasteiger partial charge in [0, 0.05) is 82.8 Å². The van der Waals surface area contributed by atoms with E-state index in [-0.39, 0.29) is 5.91 Å². The van der Waals surface area contributed by atoms with Crippen LogP contribution in [0.5, 0.6) is 5.75 Å². The lowest BCUT2D eigenvalue weighted by Gasteiger charge is -2.33. The molecule has 0 aliphatic carbocycles. The van der Waals surface area contributed by atoms with Gasteiger partial charge in [0.2, 0.25) is 5.91 Å². The molecule has 0 spiro atoms. The largest absolute Gasteiger partial charge is 0.497 e. The minimum absolute atomic E-state index is 0.133. The number of aromatic nitrogens is 2. The molecular formula is C26H33N7O2S2. The Morgan fingerprint density at radius 2 is 1.73 bits per heavy atom. The molecule has 2 saturated heterocycles. The van der Waals surface area contributed by atoms with Crippen molar-refractivity contribution in [2.45, 2.75) is 6.92 Å². The summed E-state index contributed by atoms with van der Waals surface area (Å²) in [7, 11) is 1.66. The molecule has 37 heavy (non-hydrogen) atoms. The van der Waals surface area contributed by atoms with E-state index in [0.29, 0.717) is 5.11 Å². The number of piperazine rings is 2. The normalized spacial score (nSPS) is 15.6. The van der Waals surface area contributed by atoms with Crippen LogP contribution in [-0.2, 0) is 4.79 Å². The number of rotatable bonds is 4. The fraction of sp³-hybridized carbons (Fsp3) is 0.385. The standard InChI is InChI=1S/C21H22N4O2S.C5H11N3S/c1-15(26)24-10-12-25(13-11-24)21-23-19(16-5-7-18(27-2)8-6-16)20(28-21)17-4-3-9-22-14-17;6-5(9)8-3-1-7-2-4-8/h3-9,14H,10-13H2,1-2H3;7H,1-4H2,(H2,6,9). The van der Waals surface area contributed by atoms with Gasteiger partial charge in [0.25, 0.3) is 0 Å². The number of ether oxygens (including phenoxy) is 1. The summed E-state index contributed by atoms with van der Waals surface area (Å²) in [4.78, 5) is 28.1. The number of amides is 1. The van der Waals surface area contributed by atoms with Crippen molar-refractivity contribution >= 4 is 39.7 Å². The van der Waals surface area contributed by atoms with E-state index in [1.54, 1.807) is 31.6 Å². The molecule has 2 aromatic heterocycles. The van der Waals surface area contributed by atoms with Gasteiger partial charge in [0.1, 0.15) is 5.75 Å². The number of nitrogens with two attached hydrogens (primary N) is 1. The first-order valence-corrected chi connectivity index (χ1v) is 13.5. The van der Waals surface area contributed by atoms with Crippen LogP contribution >= 0.6 is 23.6 Å². The van der Waals surface area contributed by atoms with Crippen molar-refractivity contribution in [1.82, 2.24) is 25.1 Å². The third-order valence-electron chi connectivity index (χ3n) is 6.33. The highest BCUT2D eigenvalue weighted by molar-refractivity contribution is 7.80. The van der Waals surface area contributed by atoms with Crippen LogP contribution < -0.4 is 20.7 Å². The second kappa shape index (κ2) is 12.8. The number of anilines is 1. The lowest BCUT2D eigenvalue weighted by atomic mass is 10.1. The van der Waals surface area contributed by atoms with Gasteiger partial charge in [-0.3, -0.25) is 9.78 Å². The molecular weight excluding hydrogens is 506 g/mol. The molecule has 9 nitrogen and oxygen atoms in total. The molecule has 3 N–H and O–H groups in total. The summed E-state index contributed by atoms with van der Waals surface area (Å²) in [5.74, 6) is 0.955. The number of thiazole rings is 1. The second-order valence-electron chi connectivity index (χ2n) is 8.71. The zero-order chi connectivity index (χ0) is 26.2. The van der Waals surface area contributed by atoms with Crippen LogP contribution in [0.25, 0.3) is 21.7 Å². The molecule has 2 fully saturated rings. The number of benzene rings is 1. The summed E-state index contributed by atoms with van der Waals surface area (Å²) in [6.45, 7) is 8.58. The number of thiocarbonyl (C=S) groups is 1. The number of methoxy groups -OCH3 is 1. The Kier molecular flexibility index (Phi) is 9.26. The van der Waals surface area contributed by atoms with Crippen molar-refractivity contribution in [3.8, 4) is 27.4 Å². The summed E-state index contributed by atoms with van der Waals surface area (Å²) in [5.41, 5.74) is 8.45. The smallest absolute Gasteiger partial charge is 0.219 e. The van der Waals surface area contributed by atoms with Crippen molar-refractivity contribution in [3.63, 3.8) is 0 Å². The van der Waals surface area contributed by atoms with E-state index in [1.807, 2.05) is 46.3 Å². The highest BCUT2D eigenvalue weighted by Crippen LogP contribution is 2.40. The van der Waals surface area contributed by atoms with E-state index in [9.17, 15) is 4.79 Å². The average Bonchev–Trinajstić information content (AvgIpc) is 3.40. The highest BCUT2D eigenvalue weighted by atomic mass is 32.1. The van der Waals surface area contributed by atoms with Crippen molar-refractivity contribution in [3.05, 3.63) is 48.8 Å². The van der Waals surface area contributed by atoms with Crippen LogP contribution in [-0.4, -0.2) is 90.3 Å².